The lowest BCUT2D eigenvalue weighted by molar-refractivity contribution is -0.380. The number of nitro groups is 1. The van der Waals surface area contributed by atoms with Crippen LogP contribution in [0, 0.1) is 10.1 Å². The van der Waals surface area contributed by atoms with E-state index >= 15 is 0 Å². The molecule has 0 radical (unpaired) electrons. The lowest BCUT2D eigenvalue weighted by Gasteiger charge is -1.98. The molecule has 0 aliphatic carbocycles. The lowest BCUT2D eigenvalue weighted by atomic mass is 10.3. The van der Waals surface area contributed by atoms with Crippen molar-refractivity contribution in [1.29, 1.82) is 0 Å². The van der Waals surface area contributed by atoms with Crippen LogP contribution < -0.4 is 4.80 Å². The monoisotopic (exact) mass is 423 g/mol. The zero-order chi connectivity index (χ0) is 19.8. The molecule has 8 nitrogen and oxygen atoms in total. The highest BCUT2D eigenvalue weighted by molar-refractivity contribution is 7.90. The number of fused-ring (bicyclic) bond motifs is 1. The summed E-state index contributed by atoms with van der Waals surface area (Å²) in [6.07, 6.45) is 3.84. The second kappa shape index (κ2) is 7.18. The number of thiophene rings is 1. The fraction of sp³-hybridized carbons (Fsp3) is 0.125. The van der Waals surface area contributed by atoms with E-state index in [0.717, 1.165) is 23.1 Å². The minimum absolute atomic E-state index is 0.00313. The number of aryl methyl sites for hydroxylation is 1. The molecule has 1 amide bonds. The maximum Gasteiger partial charge on any atom is 0.324 e. The average molecular weight is 423 g/mol. The normalized spacial score (nSPS) is 12.9. The fourth-order valence-corrected chi connectivity index (χ4v) is 4.78. The summed E-state index contributed by atoms with van der Waals surface area (Å²) in [5.41, 5.74) is 0.761. The summed E-state index contributed by atoms with van der Waals surface area (Å²) in [4.78, 5) is 27.5. The van der Waals surface area contributed by atoms with E-state index in [-0.39, 0.29) is 9.90 Å². The van der Waals surface area contributed by atoms with Crippen LogP contribution in [0.15, 0.2) is 46.3 Å². The van der Waals surface area contributed by atoms with Crippen LogP contribution in [0.25, 0.3) is 16.3 Å². The fourth-order valence-electron chi connectivity index (χ4n) is 2.27. The van der Waals surface area contributed by atoms with Crippen LogP contribution in [0.4, 0.5) is 5.00 Å². The first kappa shape index (κ1) is 19.1. The number of carbonyl (C=O) groups is 1. The van der Waals surface area contributed by atoms with Gasteiger partial charge < -0.3 is 4.57 Å². The van der Waals surface area contributed by atoms with Gasteiger partial charge in [0.15, 0.2) is 14.6 Å². The average Bonchev–Trinajstić information content (AvgIpc) is 3.18. The van der Waals surface area contributed by atoms with Crippen LogP contribution in [0.3, 0.4) is 0 Å². The molecule has 3 rings (SSSR count). The van der Waals surface area contributed by atoms with Gasteiger partial charge in [0.25, 0.3) is 5.91 Å². The molecule has 0 atom stereocenters. The van der Waals surface area contributed by atoms with Crippen molar-refractivity contribution in [3.63, 3.8) is 0 Å². The van der Waals surface area contributed by atoms with Gasteiger partial charge in [-0.25, -0.2) is 8.42 Å². The minimum Gasteiger partial charge on any atom is -0.319 e. The highest BCUT2D eigenvalue weighted by Gasteiger charge is 2.11. The number of hydrogen-bond donors (Lipinski definition) is 0. The summed E-state index contributed by atoms with van der Waals surface area (Å²) in [7, 11) is -1.59. The Morgan fingerprint density at radius 1 is 1.26 bits per heavy atom. The van der Waals surface area contributed by atoms with Gasteiger partial charge in [0.2, 0.25) is 0 Å². The number of benzene rings is 1. The molecule has 27 heavy (non-hydrogen) atoms. The Morgan fingerprint density at radius 2 is 2.00 bits per heavy atom. The molecule has 0 N–H and O–H groups in total. The van der Waals surface area contributed by atoms with Crippen LogP contribution in [-0.4, -0.2) is 30.1 Å². The maximum atomic E-state index is 12.1. The van der Waals surface area contributed by atoms with E-state index < -0.39 is 20.7 Å². The van der Waals surface area contributed by atoms with Crippen LogP contribution in [0.5, 0.6) is 0 Å². The summed E-state index contributed by atoms with van der Waals surface area (Å²) in [5, 5.41) is 10.7. The first-order valence-corrected chi connectivity index (χ1v) is 11.0. The van der Waals surface area contributed by atoms with E-state index in [0.29, 0.717) is 14.4 Å². The largest absolute Gasteiger partial charge is 0.324 e. The molecular weight excluding hydrogens is 410 g/mol. The highest BCUT2D eigenvalue weighted by atomic mass is 32.2. The third-order valence-electron chi connectivity index (χ3n) is 3.60. The quantitative estimate of drug-likeness (QED) is 0.364. The third kappa shape index (κ3) is 4.21. The van der Waals surface area contributed by atoms with Gasteiger partial charge in [-0.1, -0.05) is 22.7 Å². The first-order valence-electron chi connectivity index (χ1n) is 7.46. The number of amides is 1. The molecule has 0 unspecified atom stereocenters. The van der Waals surface area contributed by atoms with Crippen molar-refractivity contribution in [2.45, 2.75) is 4.90 Å². The van der Waals surface area contributed by atoms with Gasteiger partial charge in [-0.2, -0.15) is 4.99 Å². The van der Waals surface area contributed by atoms with Crippen LogP contribution in [0.1, 0.15) is 4.88 Å². The van der Waals surface area contributed by atoms with Gasteiger partial charge in [-0.3, -0.25) is 14.9 Å². The third-order valence-corrected chi connectivity index (χ3v) is 6.80. The number of thiazole rings is 1. The topological polar surface area (TPSA) is 112 Å². The van der Waals surface area contributed by atoms with Crippen molar-refractivity contribution < 1.29 is 18.1 Å². The van der Waals surface area contributed by atoms with E-state index in [1.54, 1.807) is 29.8 Å². The van der Waals surface area contributed by atoms with Gasteiger partial charge in [0.05, 0.1) is 20.0 Å². The standard InChI is InChI=1S/C16H13N3O5S3/c1-18-12-6-5-11(27(2,23)24)9-13(12)26-16(18)17-14(20)7-3-10-4-8-15(25-10)19(21)22/h3-9H,1-2H3. The molecule has 0 saturated heterocycles. The van der Waals surface area contributed by atoms with Gasteiger partial charge >= 0.3 is 5.00 Å². The molecule has 140 valence electrons. The molecular formula is C16H13N3O5S3. The molecule has 0 spiro atoms. The minimum atomic E-state index is -3.32. The molecule has 0 saturated carbocycles. The molecule has 1 aromatic carbocycles. The first-order chi connectivity index (χ1) is 12.6. The van der Waals surface area contributed by atoms with Crippen molar-refractivity contribution in [3.05, 3.63) is 56.2 Å². The number of nitrogens with zero attached hydrogens (tertiary/aromatic N) is 3. The maximum absolute atomic E-state index is 12.1. The molecule has 0 bridgehead atoms. The number of carbonyl (C=O) groups excluding carboxylic acids is 1. The summed E-state index contributed by atoms with van der Waals surface area (Å²) in [5.74, 6) is -0.517. The Bertz CT molecular complexity index is 1260. The molecule has 2 aromatic heterocycles. The van der Waals surface area contributed by atoms with Crippen LogP contribution in [-0.2, 0) is 21.7 Å². The Labute approximate surface area is 161 Å². The van der Waals surface area contributed by atoms with E-state index in [2.05, 4.69) is 4.99 Å². The predicted molar refractivity (Wildman–Crippen MR) is 104 cm³/mol. The number of aromatic nitrogens is 1. The Morgan fingerprint density at radius 3 is 2.63 bits per heavy atom. The van der Waals surface area contributed by atoms with Crippen molar-refractivity contribution in [1.82, 2.24) is 4.57 Å². The zero-order valence-electron chi connectivity index (χ0n) is 14.1. The lowest BCUT2D eigenvalue weighted by Crippen LogP contribution is -2.12. The van der Waals surface area contributed by atoms with E-state index in [4.69, 9.17) is 0 Å². The van der Waals surface area contributed by atoms with Gasteiger partial charge in [0.1, 0.15) is 0 Å². The number of rotatable bonds is 4. The molecule has 0 aliphatic rings. The van der Waals surface area contributed by atoms with Crippen molar-refractivity contribution in [2.24, 2.45) is 12.0 Å². The molecule has 11 heteroatoms. The van der Waals surface area contributed by atoms with Gasteiger partial charge in [-0.05, 0) is 30.3 Å². The van der Waals surface area contributed by atoms with E-state index in [9.17, 15) is 23.3 Å². The number of sulfone groups is 1. The Balaban J connectivity index is 1.92. The Hall–Kier alpha value is -2.63. The smallest absolute Gasteiger partial charge is 0.319 e. The Kier molecular flexibility index (Phi) is 5.09. The van der Waals surface area contributed by atoms with Gasteiger partial charge in [-0.15, -0.1) is 0 Å². The van der Waals surface area contributed by atoms with E-state index in [1.165, 1.54) is 35.6 Å². The summed E-state index contributed by atoms with van der Waals surface area (Å²) < 4.78 is 25.8. The van der Waals surface area contributed by atoms with Crippen LogP contribution >= 0.6 is 22.7 Å². The zero-order valence-corrected chi connectivity index (χ0v) is 16.6. The predicted octanol–water partition coefficient (Wildman–Crippen LogP) is 2.75. The second-order valence-electron chi connectivity index (χ2n) is 5.56. The summed E-state index contributed by atoms with van der Waals surface area (Å²) in [6, 6.07) is 7.67. The summed E-state index contributed by atoms with van der Waals surface area (Å²) in [6.45, 7) is 0. The molecule has 2 heterocycles. The van der Waals surface area contributed by atoms with Crippen LogP contribution in [0.2, 0.25) is 0 Å². The highest BCUT2D eigenvalue weighted by Crippen LogP contribution is 2.25. The SMILES string of the molecule is Cn1c(=NC(=O)C=Cc2ccc([N+](=O)[O-])s2)sc2cc(S(C)(=O)=O)ccc21. The number of hydrogen-bond acceptors (Lipinski definition) is 7. The second-order valence-corrected chi connectivity index (χ2v) is 9.68. The van der Waals surface area contributed by atoms with Crippen molar-refractivity contribution >= 4 is 59.7 Å². The molecule has 0 aliphatic heterocycles. The molecule has 0 fully saturated rings. The van der Waals surface area contributed by atoms with Crippen molar-refractivity contribution in [3.8, 4) is 0 Å². The van der Waals surface area contributed by atoms with E-state index in [1.807, 2.05) is 0 Å². The summed E-state index contributed by atoms with van der Waals surface area (Å²) >= 11 is 2.16. The molecule has 3 aromatic rings. The van der Waals surface area contributed by atoms with Crippen molar-refractivity contribution in [2.75, 3.05) is 6.26 Å². The van der Waals surface area contributed by atoms with Gasteiger partial charge in [0, 0.05) is 30.3 Å².